The summed E-state index contributed by atoms with van der Waals surface area (Å²) in [5.41, 5.74) is 7.37. The molecule has 0 fully saturated rings. The molecule has 0 radical (unpaired) electrons. The Bertz CT molecular complexity index is 493. The van der Waals surface area contributed by atoms with Crippen LogP contribution in [0.15, 0.2) is 36.7 Å². The second-order valence-electron chi connectivity index (χ2n) is 4.04. The molecule has 0 bridgehead atoms. The lowest BCUT2D eigenvalue weighted by atomic mass is 10.0. The molecule has 3 nitrogen and oxygen atoms in total. The van der Waals surface area contributed by atoms with Gasteiger partial charge in [-0.3, -0.25) is 4.68 Å². The molecule has 4 heteroatoms. The van der Waals surface area contributed by atoms with Crippen molar-refractivity contribution in [2.45, 2.75) is 25.9 Å². The number of rotatable bonds is 4. The van der Waals surface area contributed by atoms with Crippen molar-refractivity contribution in [3.05, 3.63) is 53.6 Å². The summed E-state index contributed by atoms with van der Waals surface area (Å²) in [4.78, 5) is 0. The van der Waals surface area contributed by atoms with E-state index in [4.69, 9.17) is 5.73 Å². The van der Waals surface area contributed by atoms with Gasteiger partial charge in [0.1, 0.15) is 5.82 Å². The molecule has 1 atom stereocenters. The zero-order chi connectivity index (χ0) is 12.3. The van der Waals surface area contributed by atoms with Crippen LogP contribution in [0.3, 0.4) is 0 Å². The Morgan fingerprint density at radius 1 is 1.41 bits per heavy atom. The maximum atomic E-state index is 13.6. The van der Waals surface area contributed by atoms with Gasteiger partial charge < -0.3 is 5.73 Å². The van der Waals surface area contributed by atoms with E-state index in [0.717, 1.165) is 18.5 Å². The molecule has 0 amide bonds. The molecule has 2 rings (SSSR count). The first kappa shape index (κ1) is 11.8. The van der Waals surface area contributed by atoms with Crippen LogP contribution in [0.1, 0.15) is 30.5 Å². The monoisotopic (exact) mass is 233 g/mol. The Morgan fingerprint density at radius 2 is 2.18 bits per heavy atom. The highest BCUT2D eigenvalue weighted by atomic mass is 19.1. The van der Waals surface area contributed by atoms with Gasteiger partial charge in [-0.1, -0.05) is 25.1 Å². The van der Waals surface area contributed by atoms with Crippen LogP contribution < -0.4 is 5.73 Å². The molecule has 1 heterocycles. The van der Waals surface area contributed by atoms with E-state index in [-0.39, 0.29) is 5.82 Å². The van der Waals surface area contributed by atoms with Gasteiger partial charge in [0, 0.05) is 23.9 Å². The number of nitrogens with two attached hydrogens (primary N) is 1. The van der Waals surface area contributed by atoms with Crippen molar-refractivity contribution in [2.75, 3.05) is 0 Å². The number of halogens is 1. The first-order chi connectivity index (χ1) is 8.22. The highest BCUT2D eigenvalue weighted by molar-refractivity contribution is 5.29. The summed E-state index contributed by atoms with van der Waals surface area (Å²) in [7, 11) is 0. The maximum absolute atomic E-state index is 13.6. The van der Waals surface area contributed by atoms with Gasteiger partial charge in [0.15, 0.2) is 0 Å². The molecule has 0 saturated heterocycles. The van der Waals surface area contributed by atoms with Crippen molar-refractivity contribution in [3.63, 3.8) is 0 Å². The van der Waals surface area contributed by atoms with E-state index in [2.05, 4.69) is 12.0 Å². The molecule has 17 heavy (non-hydrogen) atoms. The quantitative estimate of drug-likeness (QED) is 0.881. The van der Waals surface area contributed by atoms with Gasteiger partial charge in [-0.2, -0.15) is 5.10 Å². The molecule has 0 saturated carbocycles. The third kappa shape index (κ3) is 2.53. The molecular formula is C13H16FN3. The molecule has 90 valence electrons. The van der Waals surface area contributed by atoms with Crippen LogP contribution in [-0.4, -0.2) is 9.78 Å². The zero-order valence-corrected chi connectivity index (χ0v) is 9.81. The van der Waals surface area contributed by atoms with E-state index in [0.29, 0.717) is 5.56 Å². The van der Waals surface area contributed by atoms with Gasteiger partial charge in [-0.25, -0.2) is 4.39 Å². The van der Waals surface area contributed by atoms with E-state index in [1.165, 1.54) is 6.07 Å². The second-order valence-corrected chi connectivity index (χ2v) is 4.04. The van der Waals surface area contributed by atoms with Crippen molar-refractivity contribution in [1.82, 2.24) is 9.78 Å². The van der Waals surface area contributed by atoms with Crippen molar-refractivity contribution >= 4 is 0 Å². The zero-order valence-electron chi connectivity index (χ0n) is 9.81. The number of aryl methyl sites for hydroxylation is 1. The van der Waals surface area contributed by atoms with E-state index < -0.39 is 6.04 Å². The lowest BCUT2D eigenvalue weighted by Crippen LogP contribution is -2.12. The molecule has 1 aromatic carbocycles. The van der Waals surface area contributed by atoms with E-state index >= 15 is 0 Å². The SMILES string of the molecule is CCCn1cc(C(N)c2ccccc2F)cn1. The molecule has 0 aliphatic rings. The Labute approximate surface area is 100 Å². The molecule has 1 unspecified atom stereocenters. The molecule has 0 aliphatic heterocycles. The maximum Gasteiger partial charge on any atom is 0.128 e. The van der Waals surface area contributed by atoms with Gasteiger partial charge in [-0.05, 0) is 12.5 Å². The summed E-state index contributed by atoms with van der Waals surface area (Å²) >= 11 is 0. The van der Waals surface area contributed by atoms with Crippen molar-refractivity contribution in [3.8, 4) is 0 Å². The van der Waals surface area contributed by atoms with Gasteiger partial charge in [0.05, 0.1) is 12.2 Å². The summed E-state index contributed by atoms with van der Waals surface area (Å²) in [5.74, 6) is -0.275. The van der Waals surface area contributed by atoms with Gasteiger partial charge in [0.25, 0.3) is 0 Å². The first-order valence-electron chi connectivity index (χ1n) is 5.74. The summed E-state index contributed by atoms with van der Waals surface area (Å²) in [6, 6.07) is 6.12. The van der Waals surface area contributed by atoms with Crippen molar-refractivity contribution in [2.24, 2.45) is 5.73 Å². The summed E-state index contributed by atoms with van der Waals surface area (Å²) in [5, 5.41) is 4.20. The molecule has 0 spiro atoms. The summed E-state index contributed by atoms with van der Waals surface area (Å²) < 4.78 is 15.4. The molecule has 2 aromatic rings. The van der Waals surface area contributed by atoms with Gasteiger partial charge in [-0.15, -0.1) is 0 Å². The topological polar surface area (TPSA) is 43.8 Å². The Balaban J connectivity index is 2.24. The highest BCUT2D eigenvalue weighted by Crippen LogP contribution is 2.21. The van der Waals surface area contributed by atoms with E-state index in [1.54, 1.807) is 24.4 Å². The predicted molar refractivity (Wildman–Crippen MR) is 64.9 cm³/mol. The number of nitrogens with zero attached hydrogens (tertiary/aromatic N) is 2. The number of hydrogen-bond acceptors (Lipinski definition) is 2. The van der Waals surface area contributed by atoms with Crippen LogP contribution in [0.4, 0.5) is 4.39 Å². The number of aromatic nitrogens is 2. The second kappa shape index (κ2) is 5.10. The number of hydrogen-bond donors (Lipinski definition) is 1. The van der Waals surface area contributed by atoms with Gasteiger partial charge >= 0.3 is 0 Å². The minimum Gasteiger partial charge on any atom is -0.320 e. The average Bonchev–Trinajstić information content (AvgIpc) is 2.78. The fourth-order valence-electron chi connectivity index (χ4n) is 1.80. The third-order valence-electron chi connectivity index (χ3n) is 2.71. The molecule has 1 aromatic heterocycles. The fraction of sp³-hybridized carbons (Fsp3) is 0.308. The number of benzene rings is 1. The fourth-order valence-corrected chi connectivity index (χ4v) is 1.80. The van der Waals surface area contributed by atoms with Crippen LogP contribution in [0.2, 0.25) is 0 Å². The predicted octanol–water partition coefficient (Wildman–Crippen LogP) is 2.48. The van der Waals surface area contributed by atoms with Crippen LogP contribution in [0.25, 0.3) is 0 Å². The van der Waals surface area contributed by atoms with Crippen LogP contribution >= 0.6 is 0 Å². The third-order valence-corrected chi connectivity index (χ3v) is 2.71. The smallest absolute Gasteiger partial charge is 0.128 e. The average molecular weight is 233 g/mol. The lowest BCUT2D eigenvalue weighted by Gasteiger charge is -2.10. The lowest BCUT2D eigenvalue weighted by molar-refractivity contribution is 0.595. The van der Waals surface area contributed by atoms with E-state index in [1.807, 2.05) is 10.9 Å². The van der Waals surface area contributed by atoms with Crippen molar-refractivity contribution < 1.29 is 4.39 Å². The highest BCUT2D eigenvalue weighted by Gasteiger charge is 2.14. The summed E-state index contributed by atoms with van der Waals surface area (Å²) in [6.45, 7) is 2.93. The molecule has 0 aliphatic carbocycles. The first-order valence-corrected chi connectivity index (χ1v) is 5.74. The minimum atomic E-state index is -0.457. The van der Waals surface area contributed by atoms with Crippen LogP contribution in [0, 0.1) is 5.82 Å². The molecular weight excluding hydrogens is 217 g/mol. The Morgan fingerprint density at radius 3 is 2.88 bits per heavy atom. The van der Waals surface area contributed by atoms with Crippen LogP contribution in [0.5, 0.6) is 0 Å². The summed E-state index contributed by atoms with van der Waals surface area (Å²) in [6.07, 6.45) is 4.59. The standard InChI is InChI=1S/C13H16FN3/c1-2-7-17-9-10(8-16-17)13(15)11-5-3-4-6-12(11)14/h3-6,8-9,13H,2,7,15H2,1H3. The normalized spacial score (nSPS) is 12.6. The van der Waals surface area contributed by atoms with Gasteiger partial charge in [0.2, 0.25) is 0 Å². The minimum absolute atomic E-state index is 0.275. The van der Waals surface area contributed by atoms with Crippen LogP contribution in [-0.2, 0) is 6.54 Å². The Kier molecular flexibility index (Phi) is 3.54. The van der Waals surface area contributed by atoms with Crippen molar-refractivity contribution in [1.29, 1.82) is 0 Å². The Hall–Kier alpha value is -1.68. The largest absolute Gasteiger partial charge is 0.320 e. The van der Waals surface area contributed by atoms with E-state index in [9.17, 15) is 4.39 Å². The molecule has 2 N–H and O–H groups in total.